The summed E-state index contributed by atoms with van der Waals surface area (Å²) in [4.78, 5) is 23.5. The lowest BCUT2D eigenvalue weighted by atomic mass is 10.1. The highest BCUT2D eigenvalue weighted by atomic mass is 16.1. The fraction of sp³-hybridized carbons (Fsp3) is 0.538. The molecule has 16 heavy (non-hydrogen) atoms. The van der Waals surface area contributed by atoms with Crippen molar-refractivity contribution in [3.8, 4) is 0 Å². The van der Waals surface area contributed by atoms with E-state index in [4.69, 9.17) is 0 Å². The van der Waals surface area contributed by atoms with Crippen molar-refractivity contribution in [3.63, 3.8) is 0 Å². The number of pyridine rings is 1. The Morgan fingerprint density at radius 1 is 1.44 bits per heavy atom. The average molecular weight is 219 g/mol. The van der Waals surface area contributed by atoms with E-state index < -0.39 is 0 Å². The van der Waals surface area contributed by atoms with Crippen LogP contribution in [0.3, 0.4) is 0 Å². The molecule has 1 aromatic rings. The smallest absolute Gasteiger partial charge is 0.261 e. The summed E-state index contributed by atoms with van der Waals surface area (Å²) in [6, 6.07) is 1.80. The van der Waals surface area contributed by atoms with Crippen molar-refractivity contribution in [2.24, 2.45) is 0 Å². The van der Waals surface area contributed by atoms with Crippen LogP contribution in [0.15, 0.2) is 10.9 Å². The Morgan fingerprint density at radius 2 is 2.19 bits per heavy atom. The topological polar surface area (TPSA) is 39.1 Å². The summed E-state index contributed by atoms with van der Waals surface area (Å²) in [6.07, 6.45) is 4.00. The Bertz CT molecular complexity index is 485. The third-order valence-corrected chi connectivity index (χ3v) is 3.18. The first kappa shape index (κ1) is 11.1. The molecule has 2 rings (SSSR count). The number of ketones is 1. The number of carbonyl (C=O) groups is 1. The van der Waals surface area contributed by atoms with Crippen LogP contribution >= 0.6 is 0 Å². The van der Waals surface area contributed by atoms with Gasteiger partial charge in [-0.3, -0.25) is 9.59 Å². The molecule has 0 aromatic carbocycles. The van der Waals surface area contributed by atoms with Crippen LogP contribution in [-0.2, 0) is 19.4 Å². The minimum absolute atomic E-state index is 0.102. The summed E-state index contributed by atoms with van der Waals surface area (Å²) in [6.45, 7) is 4.24. The minimum atomic E-state index is -0.121. The summed E-state index contributed by atoms with van der Waals surface area (Å²) >= 11 is 0. The first-order chi connectivity index (χ1) is 7.65. The molecule has 0 saturated heterocycles. The Labute approximate surface area is 95.1 Å². The molecule has 1 heterocycles. The number of Topliss-reactive ketones (excluding diaryl/α,β-unsaturated/α-hetero) is 1. The van der Waals surface area contributed by atoms with E-state index in [9.17, 15) is 9.59 Å². The highest BCUT2D eigenvalue weighted by Gasteiger charge is 2.19. The van der Waals surface area contributed by atoms with Gasteiger partial charge in [-0.2, -0.15) is 0 Å². The zero-order valence-corrected chi connectivity index (χ0v) is 9.88. The van der Waals surface area contributed by atoms with Crippen molar-refractivity contribution in [1.29, 1.82) is 0 Å². The molecule has 86 valence electrons. The van der Waals surface area contributed by atoms with Gasteiger partial charge in [-0.1, -0.05) is 6.92 Å². The molecule has 0 spiro atoms. The maximum atomic E-state index is 12.1. The van der Waals surface area contributed by atoms with Crippen LogP contribution in [0.25, 0.3) is 0 Å². The lowest BCUT2D eigenvalue weighted by Crippen LogP contribution is -2.28. The largest absolute Gasteiger partial charge is 0.312 e. The Kier molecular flexibility index (Phi) is 2.95. The number of fused-ring (bicyclic) bond motifs is 1. The second kappa shape index (κ2) is 4.24. The van der Waals surface area contributed by atoms with Gasteiger partial charge in [0.15, 0.2) is 5.78 Å². The molecule has 0 amide bonds. The Balaban J connectivity index is 2.65. The van der Waals surface area contributed by atoms with E-state index >= 15 is 0 Å². The van der Waals surface area contributed by atoms with Crippen LogP contribution in [0.1, 0.15) is 48.3 Å². The van der Waals surface area contributed by atoms with Crippen LogP contribution in [0.2, 0.25) is 0 Å². The minimum Gasteiger partial charge on any atom is -0.312 e. The number of nitrogens with zero attached hydrogens (tertiary/aromatic N) is 1. The quantitative estimate of drug-likeness (QED) is 0.729. The van der Waals surface area contributed by atoms with Gasteiger partial charge in [-0.05, 0) is 44.2 Å². The summed E-state index contributed by atoms with van der Waals surface area (Å²) < 4.78 is 1.80. The highest BCUT2D eigenvalue weighted by molar-refractivity contribution is 5.93. The summed E-state index contributed by atoms with van der Waals surface area (Å²) in [5.41, 5.74) is 2.60. The molecule has 0 fully saturated rings. The molecule has 0 atom stereocenters. The van der Waals surface area contributed by atoms with E-state index in [1.807, 2.05) is 6.92 Å². The van der Waals surface area contributed by atoms with Gasteiger partial charge in [-0.15, -0.1) is 0 Å². The zero-order chi connectivity index (χ0) is 11.7. The van der Waals surface area contributed by atoms with Crippen LogP contribution in [-0.4, -0.2) is 10.4 Å². The normalized spacial score (nSPS) is 13.9. The summed E-state index contributed by atoms with van der Waals surface area (Å²) in [5.74, 6) is -0.121. The fourth-order valence-corrected chi connectivity index (χ4v) is 2.43. The van der Waals surface area contributed by atoms with Gasteiger partial charge in [0.05, 0.1) is 5.56 Å². The van der Waals surface area contributed by atoms with Crippen molar-refractivity contribution in [3.05, 3.63) is 33.2 Å². The standard InChI is InChI=1S/C13H17NO2/c1-3-7-14-12-6-4-5-10(12)8-11(9(2)15)13(14)16/h8H,3-7H2,1-2H3. The molecule has 1 aliphatic rings. The lowest BCUT2D eigenvalue weighted by Gasteiger charge is -2.12. The third-order valence-electron chi connectivity index (χ3n) is 3.18. The summed E-state index contributed by atoms with van der Waals surface area (Å²) in [7, 11) is 0. The van der Waals surface area contributed by atoms with Gasteiger partial charge in [0.25, 0.3) is 5.56 Å². The van der Waals surface area contributed by atoms with E-state index in [0.717, 1.165) is 37.9 Å². The van der Waals surface area contributed by atoms with Gasteiger partial charge >= 0.3 is 0 Å². The predicted molar refractivity (Wildman–Crippen MR) is 63.0 cm³/mol. The lowest BCUT2D eigenvalue weighted by molar-refractivity contribution is 0.101. The van der Waals surface area contributed by atoms with Gasteiger partial charge in [0.1, 0.15) is 0 Å². The van der Waals surface area contributed by atoms with Crippen molar-refractivity contribution >= 4 is 5.78 Å². The molecule has 1 aromatic heterocycles. The van der Waals surface area contributed by atoms with Gasteiger partial charge in [-0.25, -0.2) is 0 Å². The van der Waals surface area contributed by atoms with Gasteiger partial charge in [0.2, 0.25) is 0 Å². The first-order valence-electron chi connectivity index (χ1n) is 5.91. The van der Waals surface area contributed by atoms with Crippen molar-refractivity contribution in [1.82, 2.24) is 4.57 Å². The second-order valence-corrected chi connectivity index (χ2v) is 4.40. The summed E-state index contributed by atoms with van der Waals surface area (Å²) in [5, 5.41) is 0. The number of hydrogen-bond acceptors (Lipinski definition) is 2. The van der Waals surface area contributed by atoms with E-state index in [1.54, 1.807) is 10.6 Å². The Morgan fingerprint density at radius 3 is 2.81 bits per heavy atom. The molecule has 0 N–H and O–H groups in total. The Hall–Kier alpha value is -1.38. The zero-order valence-electron chi connectivity index (χ0n) is 9.88. The van der Waals surface area contributed by atoms with Crippen LogP contribution < -0.4 is 5.56 Å². The van der Waals surface area contributed by atoms with Gasteiger partial charge < -0.3 is 4.57 Å². The third kappa shape index (κ3) is 1.70. The fourth-order valence-electron chi connectivity index (χ4n) is 2.43. The monoisotopic (exact) mass is 219 g/mol. The molecule has 1 aliphatic carbocycles. The van der Waals surface area contributed by atoms with Crippen molar-refractivity contribution in [2.45, 2.75) is 46.1 Å². The van der Waals surface area contributed by atoms with Crippen molar-refractivity contribution in [2.75, 3.05) is 0 Å². The van der Waals surface area contributed by atoms with E-state index in [0.29, 0.717) is 5.56 Å². The molecule has 0 radical (unpaired) electrons. The highest BCUT2D eigenvalue weighted by Crippen LogP contribution is 2.21. The predicted octanol–water partition coefficient (Wildman–Crippen LogP) is 1.95. The number of carbonyl (C=O) groups excluding carboxylic acids is 1. The average Bonchev–Trinajstić information content (AvgIpc) is 2.69. The van der Waals surface area contributed by atoms with E-state index in [-0.39, 0.29) is 11.3 Å². The molecule has 0 saturated carbocycles. The number of hydrogen-bond donors (Lipinski definition) is 0. The van der Waals surface area contributed by atoms with Crippen LogP contribution in [0.5, 0.6) is 0 Å². The SMILES string of the molecule is CCCn1c2c(cc(C(C)=O)c1=O)CCC2. The molecular weight excluding hydrogens is 202 g/mol. The van der Waals surface area contributed by atoms with E-state index in [1.165, 1.54) is 12.5 Å². The van der Waals surface area contributed by atoms with Crippen LogP contribution in [0, 0.1) is 0 Å². The number of rotatable bonds is 3. The maximum Gasteiger partial charge on any atom is 0.261 e. The first-order valence-corrected chi connectivity index (χ1v) is 5.91. The molecule has 3 nitrogen and oxygen atoms in total. The number of aromatic nitrogens is 1. The number of aryl methyl sites for hydroxylation is 1. The van der Waals surface area contributed by atoms with Crippen LogP contribution in [0.4, 0.5) is 0 Å². The molecule has 0 unspecified atom stereocenters. The van der Waals surface area contributed by atoms with Crippen molar-refractivity contribution < 1.29 is 4.79 Å². The van der Waals surface area contributed by atoms with E-state index in [2.05, 4.69) is 0 Å². The second-order valence-electron chi connectivity index (χ2n) is 4.40. The maximum absolute atomic E-state index is 12.1. The van der Waals surface area contributed by atoms with Gasteiger partial charge in [0, 0.05) is 12.2 Å². The molecule has 0 aliphatic heterocycles. The molecule has 3 heteroatoms. The molecule has 0 bridgehead atoms. The molecular formula is C13H17NO2.